The second kappa shape index (κ2) is 8.18. The van der Waals surface area contributed by atoms with Crippen molar-refractivity contribution in [3.63, 3.8) is 0 Å². The summed E-state index contributed by atoms with van der Waals surface area (Å²) in [6.07, 6.45) is 2.22. The van der Waals surface area contributed by atoms with Crippen LogP contribution in [0.2, 0.25) is 5.02 Å². The van der Waals surface area contributed by atoms with E-state index in [2.05, 4.69) is 10.5 Å². The van der Waals surface area contributed by atoms with Crippen LogP contribution in [0.15, 0.2) is 23.3 Å². The molecule has 1 aromatic carbocycles. The standard InChI is InChI=1S/C14H16ClN3O2/c1-3-10(2)20-13-5-4-11(8-12(13)15)9-17-18-14(19)6-7-16/h4-5,8-10H,3,6H2,1-2H3,(H,18,19)/b17-9-/t10-/m0/s1. The normalized spacial score (nSPS) is 11.9. The van der Waals surface area contributed by atoms with Gasteiger partial charge >= 0.3 is 0 Å². The van der Waals surface area contributed by atoms with E-state index in [-0.39, 0.29) is 12.5 Å². The minimum Gasteiger partial charge on any atom is -0.489 e. The number of benzene rings is 1. The zero-order chi connectivity index (χ0) is 15.0. The summed E-state index contributed by atoms with van der Waals surface area (Å²) < 4.78 is 5.64. The maximum Gasteiger partial charge on any atom is 0.254 e. The molecule has 106 valence electrons. The Hall–Kier alpha value is -2.06. The molecule has 0 radical (unpaired) electrons. The monoisotopic (exact) mass is 293 g/mol. The van der Waals surface area contributed by atoms with Gasteiger partial charge in [0.25, 0.3) is 5.91 Å². The third kappa shape index (κ3) is 5.29. The zero-order valence-corrected chi connectivity index (χ0v) is 12.1. The number of nitrogens with zero attached hydrogens (tertiary/aromatic N) is 2. The Balaban J connectivity index is 2.66. The van der Waals surface area contributed by atoms with Gasteiger partial charge in [0.1, 0.15) is 12.2 Å². The maximum atomic E-state index is 11.0. The molecule has 1 N–H and O–H groups in total. The van der Waals surface area contributed by atoms with Crippen molar-refractivity contribution in [3.8, 4) is 11.8 Å². The van der Waals surface area contributed by atoms with Gasteiger partial charge in [-0.1, -0.05) is 18.5 Å². The molecule has 1 atom stereocenters. The van der Waals surface area contributed by atoms with Gasteiger partial charge in [-0.05, 0) is 37.1 Å². The quantitative estimate of drug-likeness (QED) is 0.647. The molecule has 1 rings (SSSR count). The molecule has 0 aliphatic heterocycles. The van der Waals surface area contributed by atoms with Crippen LogP contribution in [0, 0.1) is 11.3 Å². The summed E-state index contributed by atoms with van der Waals surface area (Å²) in [6, 6.07) is 6.96. The summed E-state index contributed by atoms with van der Waals surface area (Å²) in [6.45, 7) is 4.00. The molecule has 0 bridgehead atoms. The first-order valence-corrected chi connectivity index (χ1v) is 6.59. The molecule has 0 aromatic heterocycles. The van der Waals surface area contributed by atoms with Gasteiger partial charge in [0.15, 0.2) is 0 Å². The van der Waals surface area contributed by atoms with Crippen molar-refractivity contribution in [2.24, 2.45) is 5.10 Å². The summed E-state index contributed by atoms with van der Waals surface area (Å²) in [5, 5.41) is 12.5. The van der Waals surface area contributed by atoms with E-state index in [1.165, 1.54) is 6.21 Å². The first kappa shape index (κ1) is 16.0. The van der Waals surface area contributed by atoms with Crippen molar-refractivity contribution in [1.82, 2.24) is 5.43 Å². The van der Waals surface area contributed by atoms with Crippen LogP contribution in [0.4, 0.5) is 0 Å². The minimum atomic E-state index is -0.452. The maximum absolute atomic E-state index is 11.0. The number of amides is 1. The van der Waals surface area contributed by atoms with Gasteiger partial charge in [0.05, 0.1) is 23.4 Å². The lowest BCUT2D eigenvalue weighted by atomic mass is 10.2. The van der Waals surface area contributed by atoms with E-state index < -0.39 is 5.91 Å². The molecule has 0 aliphatic rings. The summed E-state index contributed by atoms with van der Waals surface area (Å²) in [4.78, 5) is 11.0. The molecule has 0 spiro atoms. The van der Waals surface area contributed by atoms with E-state index in [1.807, 2.05) is 13.8 Å². The van der Waals surface area contributed by atoms with Gasteiger partial charge < -0.3 is 4.74 Å². The van der Waals surface area contributed by atoms with E-state index in [1.54, 1.807) is 24.3 Å². The second-order valence-corrected chi connectivity index (χ2v) is 4.56. The highest BCUT2D eigenvalue weighted by molar-refractivity contribution is 6.32. The number of carbonyl (C=O) groups excluding carboxylic acids is 1. The lowest BCUT2D eigenvalue weighted by Gasteiger charge is -2.13. The SMILES string of the molecule is CC[C@H](C)Oc1ccc(/C=N\NC(=O)CC#N)cc1Cl. The van der Waals surface area contributed by atoms with Gasteiger partial charge in [-0.3, -0.25) is 4.79 Å². The van der Waals surface area contributed by atoms with Crippen LogP contribution < -0.4 is 10.2 Å². The highest BCUT2D eigenvalue weighted by Gasteiger charge is 2.06. The summed E-state index contributed by atoms with van der Waals surface area (Å²) in [5.74, 6) is 0.165. The molecule has 0 heterocycles. The van der Waals surface area contributed by atoms with Crippen molar-refractivity contribution >= 4 is 23.7 Å². The van der Waals surface area contributed by atoms with Crippen LogP contribution in [0.1, 0.15) is 32.3 Å². The fraction of sp³-hybridized carbons (Fsp3) is 0.357. The van der Waals surface area contributed by atoms with Crippen LogP contribution in [0.25, 0.3) is 0 Å². The molecule has 5 nitrogen and oxygen atoms in total. The second-order valence-electron chi connectivity index (χ2n) is 4.15. The average Bonchev–Trinajstić information content (AvgIpc) is 2.42. The van der Waals surface area contributed by atoms with Crippen molar-refractivity contribution in [2.75, 3.05) is 0 Å². The topological polar surface area (TPSA) is 74.5 Å². The average molecular weight is 294 g/mol. The fourth-order valence-corrected chi connectivity index (χ4v) is 1.52. The van der Waals surface area contributed by atoms with Gasteiger partial charge in [-0.15, -0.1) is 0 Å². The lowest BCUT2D eigenvalue weighted by molar-refractivity contribution is -0.120. The Morgan fingerprint density at radius 3 is 3.00 bits per heavy atom. The minimum absolute atomic E-state index is 0.0947. The van der Waals surface area contributed by atoms with Crippen molar-refractivity contribution < 1.29 is 9.53 Å². The van der Waals surface area contributed by atoms with Crippen LogP contribution in [0.3, 0.4) is 0 Å². The molecule has 20 heavy (non-hydrogen) atoms. The Kier molecular flexibility index (Phi) is 6.54. The Morgan fingerprint density at radius 1 is 1.65 bits per heavy atom. The number of ether oxygens (including phenoxy) is 1. The molecule has 0 unspecified atom stereocenters. The highest BCUT2D eigenvalue weighted by Crippen LogP contribution is 2.26. The number of hydrogen-bond donors (Lipinski definition) is 1. The largest absolute Gasteiger partial charge is 0.489 e. The molecule has 1 aromatic rings. The molecular weight excluding hydrogens is 278 g/mol. The van der Waals surface area contributed by atoms with E-state index >= 15 is 0 Å². The van der Waals surface area contributed by atoms with Crippen LogP contribution in [-0.2, 0) is 4.79 Å². The predicted molar refractivity (Wildman–Crippen MR) is 77.8 cm³/mol. The van der Waals surface area contributed by atoms with Crippen LogP contribution in [0.5, 0.6) is 5.75 Å². The fourth-order valence-electron chi connectivity index (χ4n) is 1.28. The van der Waals surface area contributed by atoms with E-state index in [0.717, 1.165) is 12.0 Å². The third-order valence-electron chi connectivity index (χ3n) is 2.50. The molecular formula is C14H16ClN3O2. The number of carbonyl (C=O) groups is 1. The Morgan fingerprint density at radius 2 is 2.40 bits per heavy atom. The molecule has 0 aliphatic carbocycles. The molecule has 1 amide bonds. The van der Waals surface area contributed by atoms with E-state index in [4.69, 9.17) is 21.6 Å². The number of halogens is 1. The zero-order valence-electron chi connectivity index (χ0n) is 11.4. The molecule has 0 saturated carbocycles. The Bertz CT molecular complexity index is 538. The molecule has 0 fully saturated rings. The first-order chi connectivity index (χ1) is 9.56. The Labute approximate surface area is 123 Å². The number of nitriles is 1. The number of nitrogens with one attached hydrogen (secondary N) is 1. The van der Waals surface area contributed by atoms with Gasteiger partial charge in [-0.25, -0.2) is 5.43 Å². The van der Waals surface area contributed by atoms with Gasteiger partial charge in [-0.2, -0.15) is 10.4 Å². The van der Waals surface area contributed by atoms with Crippen LogP contribution >= 0.6 is 11.6 Å². The van der Waals surface area contributed by atoms with Crippen molar-refractivity contribution in [3.05, 3.63) is 28.8 Å². The summed E-state index contributed by atoms with van der Waals surface area (Å²) in [5.41, 5.74) is 2.97. The van der Waals surface area contributed by atoms with Gasteiger partial charge in [0, 0.05) is 0 Å². The van der Waals surface area contributed by atoms with Gasteiger partial charge in [0.2, 0.25) is 0 Å². The van der Waals surface area contributed by atoms with Crippen molar-refractivity contribution in [1.29, 1.82) is 5.26 Å². The first-order valence-electron chi connectivity index (χ1n) is 6.21. The number of rotatable bonds is 6. The van der Waals surface area contributed by atoms with Crippen LogP contribution in [-0.4, -0.2) is 18.2 Å². The lowest BCUT2D eigenvalue weighted by Crippen LogP contribution is -2.16. The number of hydrogen-bond acceptors (Lipinski definition) is 4. The van der Waals surface area contributed by atoms with E-state index in [0.29, 0.717) is 10.8 Å². The summed E-state index contributed by atoms with van der Waals surface area (Å²) in [7, 11) is 0. The van der Waals surface area contributed by atoms with Crippen molar-refractivity contribution in [2.45, 2.75) is 32.8 Å². The third-order valence-corrected chi connectivity index (χ3v) is 2.80. The highest BCUT2D eigenvalue weighted by atomic mass is 35.5. The smallest absolute Gasteiger partial charge is 0.254 e. The number of hydrazone groups is 1. The molecule has 6 heteroatoms. The molecule has 0 saturated heterocycles. The predicted octanol–water partition coefficient (Wildman–Crippen LogP) is 2.88. The van der Waals surface area contributed by atoms with E-state index in [9.17, 15) is 4.79 Å². The summed E-state index contributed by atoms with van der Waals surface area (Å²) >= 11 is 6.10.